The Kier molecular flexibility index (Phi) is 8.51. The van der Waals surface area contributed by atoms with Gasteiger partial charge in [-0.3, -0.25) is 0 Å². The van der Waals surface area contributed by atoms with E-state index in [9.17, 15) is 4.39 Å². The first kappa shape index (κ1) is 21.9. The zero-order valence-corrected chi connectivity index (χ0v) is 18.6. The molecule has 2 aliphatic carbocycles. The van der Waals surface area contributed by atoms with Gasteiger partial charge in [-0.1, -0.05) is 63.6 Å². The van der Waals surface area contributed by atoms with Crippen LogP contribution < -0.4 is 4.74 Å². The Labute approximate surface area is 176 Å². The summed E-state index contributed by atoms with van der Waals surface area (Å²) in [5, 5.41) is 0.146. The van der Waals surface area contributed by atoms with Crippen LogP contribution in [0, 0.1) is 29.5 Å². The van der Waals surface area contributed by atoms with E-state index >= 15 is 0 Å². The Morgan fingerprint density at radius 1 is 0.929 bits per heavy atom. The summed E-state index contributed by atoms with van der Waals surface area (Å²) in [5.74, 6) is 3.66. The number of unbranched alkanes of at least 4 members (excludes halogenated alkanes) is 1. The molecule has 0 amide bonds. The molecule has 158 valence electrons. The van der Waals surface area contributed by atoms with Gasteiger partial charge in [-0.25, -0.2) is 4.39 Å². The lowest BCUT2D eigenvalue weighted by molar-refractivity contribution is 0.121. The highest BCUT2D eigenvalue weighted by Crippen LogP contribution is 2.42. The highest BCUT2D eigenvalue weighted by Gasteiger charge is 2.31. The standard InChI is InChI=1S/C25H38ClFO/c1-3-5-6-18-7-11-21(12-8-18)22-13-9-19(10-14-22)17-28-23-16-15-20(4-2)25(27)24(23)26/h15-16,18-19,21-22H,3-14,17H2,1-2H3. The molecule has 0 N–H and O–H groups in total. The van der Waals surface area contributed by atoms with Crippen LogP contribution in [0.3, 0.4) is 0 Å². The van der Waals surface area contributed by atoms with Gasteiger partial charge in [0.1, 0.15) is 16.6 Å². The fourth-order valence-electron chi connectivity index (χ4n) is 5.43. The third-order valence-electron chi connectivity index (χ3n) is 7.40. The smallest absolute Gasteiger partial charge is 0.148 e. The van der Waals surface area contributed by atoms with Crippen molar-refractivity contribution in [2.75, 3.05) is 6.61 Å². The molecular weight excluding hydrogens is 371 g/mol. The van der Waals surface area contributed by atoms with E-state index in [4.69, 9.17) is 16.3 Å². The SMILES string of the molecule is CCCCC1CCC(C2CCC(COc3ccc(CC)c(F)c3Cl)CC2)CC1. The predicted molar refractivity (Wildman–Crippen MR) is 117 cm³/mol. The van der Waals surface area contributed by atoms with Crippen molar-refractivity contribution in [1.29, 1.82) is 0 Å². The van der Waals surface area contributed by atoms with Crippen molar-refractivity contribution in [2.45, 2.75) is 90.9 Å². The second kappa shape index (κ2) is 10.9. The monoisotopic (exact) mass is 408 g/mol. The maximum atomic E-state index is 14.2. The van der Waals surface area contributed by atoms with E-state index in [1.807, 2.05) is 13.0 Å². The van der Waals surface area contributed by atoms with Crippen LogP contribution in [0.1, 0.15) is 90.0 Å². The van der Waals surface area contributed by atoms with Crippen molar-refractivity contribution < 1.29 is 9.13 Å². The number of halogens is 2. The molecule has 1 nitrogen and oxygen atoms in total. The summed E-state index contributed by atoms with van der Waals surface area (Å²) < 4.78 is 20.1. The lowest BCUT2D eigenvalue weighted by Gasteiger charge is -2.38. The van der Waals surface area contributed by atoms with Gasteiger partial charge in [-0.2, -0.15) is 0 Å². The Morgan fingerprint density at radius 2 is 1.54 bits per heavy atom. The first-order chi connectivity index (χ1) is 13.6. The molecule has 2 aliphatic rings. The van der Waals surface area contributed by atoms with Gasteiger partial charge in [0.2, 0.25) is 0 Å². The van der Waals surface area contributed by atoms with E-state index in [0.29, 0.717) is 30.3 Å². The fraction of sp³-hybridized carbons (Fsp3) is 0.760. The number of benzene rings is 1. The molecule has 0 atom stereocenters. The Hall–Kier alpha value is -0.760. The highest BCUT2D eigenvalue weighted by molar-refractivity contribution is 6.32. The molecule has 0 aliphatic heterocycles. The summed E-state index contributed by atoms with van der Waals surface area (Å²) in [6.07, 6.45) is 15.9. The minimum absolute atomic E-state index is 0.146. The minimum atomic E-state index is -0.320. The summed E-state index contributed by atoms with van der Waals surface area (Å²) in [6.45, 7) is 4.91. The van der Waals surface area contributed by atoms with Crippen LogP contribution in [0.15, 0.2) is 12.1 Å². The van der Waals surface area contributed by atoms with Gasteiger partial charge in [0.25, 0.3) is 0 Å². The Bertz CT molecular complexity index is 601. The first-order valence-corrected chi connectivity index (χ1v) is 12.1. The van der Waals surface area contributed by atoms with E-state index in [-0.39, 0.29) is 10.8 Å². The summed E-state index contributed by atoms with van der Waals surface area (Å²) in [5.41, 5.74) is 0.655. The van der Waals surface area contributed by atoms with Crippen molar-refractivity contribution in [3.8, 4) is 5.75 Å². The number of hydrogen-bond acceptors (Lipinski definition) is 1. The molecule has 0 radical (unpaired) electrons. The third-order valence-corrected chi connectivity index (χ3v) is 7.75. The topological polar surface area (TPSA) is 9.23 Å². The molecule has 0 saturated heterocycles. The van der Waals surface area contributed by atoms with E-state index in [2.05, 4.69) is 6.92 Å². The van der Waals surface area contributed by atoms with Crippen LogP contribution in [0.2, 0.25) is 5.02 Å². The van der Waals surface area contributed by atoms with Gasteiger partial charge in [0.05, 0.1) is 6.61 Å². The lowest BCUT2D eigenvalue weighted by atomic mass is 9.69. The van der Waals surface area contributed by atoms with E-state index < -0.39 is 0 Å². The number of rotatable bonds is 8. The molecule has 0 aromatic heterocycles. The first-order valence-electron chi connectivity index (χ1n) is 11.7. The normalized spacial score (nSPS) is 28.3. The highest BCUT2D eigenvalue weighted by atomic mass is 35.5. The van der Waals surface area contributed by atoms with Gasteiger partial charge < -0.3 is 4.74 Å². The zero-order valence-electron chi connectivity index (χ0n) is 17.8. The molecule has 3 rings (SSSR count). The van der Waals surface area contributed by atoms with Crippen LogP contribution in [-0.4, -0.2) is 6.61 Å². The van der Waals surface area contributed by atoms with Crippen molar-refractivity contribution >= 4 is 11.6 Å². The molecule has 0 spiro atoms. The van der Waals surface area contributed by atoms with Crippen molar-refractivity contribution in [1.82, 2.24) is 0 Å². The zero-order chi connectivity index (χ0) is 19.9. The quantitative estimate of drug-likeness (QED) is 0.420. The van der Waals surface area contributed by atoms with Crippen molar-refractivity contribution in [3.05, 3.63) is 28.5 Å². The molecule has 1 aromatic rings. The van der Waals surface area contributed by atoms with E-state index in [0.717, 1.165) is 17.8 Å². The number of ether oxygens (including phenoxy) is 1. The van der Waals surface area contributed by atoms with Crippen LogP contribution in [0.4, 0.5) is 4.39 Å². The second-order valence-electron chi connectivity index (χ2n) is 9.22. The van der Waals surface area contributed by atoms with E-state index in [1.54, 1.807) is 6.07 Å². The van der Waals surface area contributed by atoms with Crippen LogP contribution in [-0.2, 0) is 6.42 Å². The maximum Gasteiger partial charge on any atom is 0.148 e. The van der Waals surface area contributed by atoms with Gasteiger partial charge in [0.15, 0.2) is 0 Å². The summed E-state index contributed by atoms with van der Waals surface area (Å²) in [7, 11) is 0. The Balaban J connectivity index is 1.40. The van der Waals surface area contributed by atoms with Gasteiger partial charge in [-0.15, -0.1) is 0 Å². The lowest BCUT2D eigenvalue weighted by Crippen LogP contribution is -2.27. The molecule has 28 heavy (non-hydrogen) atoms. The van der Waals surface area contributed by atoms with Crippen LogP contribution in [0.5, 0.6) is 5.75 Å². The van der Waals surface area contributed by atoms with Crippen LogP contribution in [0.25, 0.3) is 0 Å². The van der Waals surface area contributed by atoms with E-state index in [1.165, 1.54) is 70.6 Å². The van der Waals surface area contributed by atoms with Gasteiger partial charge >= 0.3 is 0 Å². The number of hydrogen-bond donors (Lipinski definition) is 0. The molecule has 0 bridgehead atoms. The fourth-order valence-corrected chi connectivity index (χ4v) is 5.67. The summed E-state index contributed by atoms with van der Waals surface area (Å²) in [6, 6.07) is 3.62. The average molecular weight is 409 g/mol. The molecular formula is C25H38ClFO. The molecule has 0 heterocycles. The summed E-state index contributed by atoms with van der Waals surface area (Å²) >= 11 is 6.16. The Morgan fingerprint density at radius 3 is 2.11 bits per heavy atom. The molecule has 0 unspecified atom stereocenters. The summed E-state index contributed by atoms with van der Waals surface area (Å²) in [4.78, 5) is 0. The van der Waals surface area contributed by atoms with Crippen molar-refractivity contribution in [2.24, 2.45) is 23.7 Å². The maximum absolute atomic E-state index is 14.2. The second-order valence-corrected chi connectivity index (χ2v) is 9.60. The van der Waals surface area contributed by atoms with Crippen molar-refractivity contribution in [3.63, 3.8) is 0 Å². The molecule has 1 aromatic carbocycles. The average Bonchev–Trinajstić information content (AvgIpc) is 2.74. The molecule has 3 heteroatoms. The molecule has 2 fully saturated rings. The number of aryl methyl sites for hydroxylation is 1. The van der Waals surface area contributed by atoms with Gasteiger partial charge in [-0.05, 0) is 80.2 Å². The van der Waals surface area contributed by atoms with Crippen LogP contribution >= 0.6 is 11.6 Å². The minimum Gasteiger partial charge on any atom is -0.492 e. The van der Waals surface area contributed by atoms with Gasteiger partial charge in [0, 0.05) is 0 Å². The third kappa shape index (κ3) is 5.65. The molecule has 2 saturated carbocycles. The largest absolute Gasteiger partial charge is 0.492 e. The predicted octanol–water partition coefficient (Wildman–Crippen LogP) is 8.22.